The van der Waals surface area contributed by atoms with Gasteiger partial charge in [-0.1, -0.05) is 13.8 Å². The summed E-state index contributed by atoms with van der Waals surface area (Å²) in [5, 5.41) is 3.31. The molecule has 90 valence electrons. The van der Waals surface area contributed by atoms with Gasteiger partial charge in [0.15, 0.2) is 0 Å². The van der Waals surface area contributed by atoms with E-state index in [4.69, 9.17) is 0 Å². The zero-order valence-corrected chi connectivity index (χ0v) is 11.1. The smallest absolute Gasteiger partial charge is 0.0163 e. The van der Waals surface area contributed by atoms with E-state index in [1.54, 1.807) is 0 Å². The number of nitrogens with one attached hydrogen (secondary N) is 1. The number of likely N-dealkylation sites (N-methyl/N-ethyl adjacent to an activating group) is 2. The highest BCUT2D eigenvalue weighted by atomic mass is 15.1. The lowest BCUT2D eigenvalue weighted by molar-refractivity contribution is 0.122. The molecule has 0 heterocycles. The predicted molar refractivity (Wildman–Crippen MR) is 67.2 cm³/mol. The molecule has 0 bridgehead atoms. The Morgan fingerprint density at radius 3 is 2.33 bits per heavy atom. The maximum atomic E-state index is 3.31. The first-order valence-corrected chi connectivity index (χ1v) is 6.32. The minimum Gasteiger partial charge on any atom is -0.316 e. The number of nitrogens with zero attached hydrogens (tertiary/aromatic N) is 1. The van der Waals surface area contributed by atoms with E-state index >= 15 is 0 Å². The molecule has 1 unspecified atom stereocenters. The third-order valence-corrected chi connectivity index (χ3v) is 3.99. The van der Waals surface area contributed by atoms with Gasteiger partial charge in [0.05, 0.1) is 0 Å². The Kier molecular flexibility index (Phi) is 4.60. The van der Waals surface area contributed by atoms with E-state index in [0.29, 0.717) is 11.5 Å². The molecule has 2 nitrogen and oxygen atoms in total. The van der Waals surface area contributed by atoms with Crippen LogP contribution in [0.25, 0.3) is 0 Å². The first-order valence-electron chi connectivity index (χ1n) is 6.32. The third-order valence-electron chi connectivity index (χ3n) is 3.99. The van der Waals surface area contributed by atoms with Crippen LogP contribution in [0.5, 0.6) is 0 Å². The van der Waals surface area contributed by atoms with E-state index in [0.717, 1.165) is 6.04 Å². The summed E-state index contributed by atoms with van der Waals surface area (Å²) < 4.78 is 0. The molecule has 0 amide bonds. The quantitative estimate of drug-likeness (QED) is 0.770. The van der Waals surface area contributed by atoms with E-state index in [1.165, 1.54) is 32.2 Å². The lowest BCUT2D eigenvalue weighted by atomic mass is 9.75. The molecule has 0 spiro atoms. The van der Waals surface area contributed by atoms with Crippen LogP contribution in [0.4, 0.5) is 0 Å². The van der Waals surface area contributed by atoms with Crippen molar-refractivity contribution in [2.75, 3.05) is 20.6 Å². The summed E-state index contributed by atoms with van der Waals surface area (Å²) in [5.41, 5.74) is 0.589. The predicted octanol–water partition coefficient (Wildman–Crippen LogP) is 2.49. The Morgan fingerprint density at radius 2 is 1.87 bits per heavy atom. The Bertz CT molecular complexity index is 179. The largest absolute Gasteiger partial charge is 0.316 e. The summed E-state index contributed by atoms with van der Waals surface area (Å²) >= 11 is 0. The van der Waals surface area contributed by atoms with Gasteiger partial charge >= 0.3 is 0 Å². The van der Waals surface area contributed by atoms with Gasteiger partial charge in [-0.25, -0.2) is 0 Å². The fourth-order valence-corrected chi connectivity index (χ4v) is 2.50. The Hall–Kier alpha value is -0.0800. The molecule has 1 fully saturated rings. The summed E-state index contributed by atoms with van der Waals surface area (Å²) in [7, 11) is 4.32. The summed E-state index contributed by atoms with van der Waals surface area (Å²) in [4.78, 5) is 2.54. The van der Waals surface area contributed by atoms with Crippen LogP contribution >= 0.6 is 0 Å². The van der Waals surface area contributed by atoms with E-state index < -0.39 is 0 Å². The normalized spacial score (nSPS) is 24.4. The maximum absolute atomic E-state index is 3.31. The molecule has 15 heavy (non-hydrogen) atoms. The highest BCUT2D eigenvalue weighted by molar-refractivity contribution is 4.83. The van der Waals surface area contributed by atoms with Crippen molar-refractivity contribution in [3.05, 3.63) is 0 Å². The summed E-state index contributed by atoms with van der Waals surface area (Å²) in [5.74, 6) is 0. The van der Waals surface area contributed by atoms with Gasteiger partial charge in [-0.15, -0.1) is 0 Å². The summed E-state index contributed by atoms with van der Waals surface area (Å²) in [6.45, 7) is 8.23. The zero-order valence-electron chi connectivity index (χ0n) is 11.1. The van der Waals surface area contributed by atoms with Gasteiger partial charge in [0, 0.05) is 18.6 Å². The van der Waals surface area contributed by atoms with Crippen LogP contribution in [-0.4, -0.2) is 37.6 Å². The fraction of sp³-hybridized carbons (Fsp3) is 1.00. The molecule has 0 aromatic rings. The van der Waals surface area contributed by atoms with Crippen molar-refractivity contribution < 1.29 is 0 Å². The van der Waals surface area contributed by atoms with E-state index in [1.807, 2.05) is 7.05 Å². The van der Waals surface area contributed by atoms with Crippen molar-refractivity contribution >= 4 is 0 Å². The number of hydrogen-bond donors (Lipinski definition) is 1. The second kappa shape index (κ2) is 5.31. The molecule has 1 aliphatic rings. The van der Waals surface area contributed by atoms with Crippen LogP contribution in [0.3, 0.4) is 0 Å². The van der Waals surface area contributed by atoms with Crippen molar-refractivity contribution in [1.82, 2.24) is 10.2 Å². The monoisotopic (exact) mass is 212 g/mol. The average Bonchev–Trinajstić information content (AvgIpc) is 2.17. The molecule has 1 aliphatic carbocycles. The van der Waals surface area contributed by atoms with Crippen molar-refractivity contribution in [2.45, 2.75) is 58.5 Å². The van der Waals surface area contributed by atoms with Gasteiger partial charge in [-0.05, 0) is 52.1 Å². The summed E-state index contributed by atoms with van der Waals surface area (Å²) in [6, 6.07) is 1.42. The van der Waals surface area contributed by atoms with Crippen molar-refractivity contribution in [1.29, 1.82) is 0 Å². The average molecular weight is 212 g/mol. The first-order chi connectivity index (χ1) is 6.94. The Labute approximate surface area is 95.4 Å². The zero-order chi connectivity index (χ0) is 11.5. The molecule has 1 saturated carbocycles. The minimum atomic E-state index is 0.589. The van der Waals surface area contributed by atoms with Gasteiger partial charge in [0.2, 0.25) is 0 Å². The SMILES string of the molecule is CNC(C)CN(C)C1CCC(C)(C)CC1. The standard InChI is InChI=1S/C13H28N2/c1-11(14-4)10-15(5)12-6-8-13(2,3)9-7-12/h11-12,14H,6-10H2,1-5H3. The molecule has 0 aromatic carbocycles. The van der Waals surface area contributed by atoms with Crippen LogP contribution in [-0.2, 0) is 0 Å². The van der Waals surface area contributed by atoms with Gasteiger partial charge in [-0.2, -0.15) is 0 Å². The number of rotatable bonds is 4. The molecule has 0 aromatic heterocycles. The van der Waals surface area contributed by atoms with Crippen molar-refractivity contribution in [3.63, 3.8) is 0 Å². The molecule has 2 heteroatoms. The number of hydrogen-bond acceptors (Lipinski definition) is 2. The Morgan fingerprint density at radius 1 is 1.33 bits per heavy atom. The van der Waals surface area contributed by atoms with E-state index in [2.05, 4.69) is 38.0 Å². The molecular weight excluding hydrogens is 184 g/mol. The Balaban J connectivity index is 2.33. The highest BCUT2D eigenvalue weighted by Gasteiger charge is 2.28. The van der Waals surface area contributed by atoms with Crippen LogP contribution in [0.2, 0.25) is 0 Å². The first kappa shape index (κ1) is 13.0. The lowest BCUT2D eigenvalue weighted by Gasteiger charge is -2.39. The fourth-order valence-electron chi connectivity index (χ4n) is 2.50. The molecule has 0 saturated heterocycles. The minimum absolute atomic E-state index is 0.589. The van der Waals surface area contributed by atoms with Gasteiger partial charge in [0.25, 0.3) is 0 Å². The van der Waals surface area contributed by atoms with Gasteiger partial charge < -0.3 is 10.2 Å². The second-order valence-corrected chi connectivity index (χ2v) is 6.02. The van der Waals surface area contributed by atoms with Crippen LogP contribution in [0.1, 0.15) is 46.5 Å². The summed E-state index contributed by atoms with van der Waals surface area (Å²) in [6.07, 6.45) is 5.52. The molecule has 0 radical (unpaired) electrons. The van der Waals surface area contributed by atoms with Crippen LogP contribution in [0, 0.1) is 5.41 Å². The van der Waals surface area contributed by atoms with Crippen molar-refractivity contribution in [3.8, 4) is 0 Å². The topological polar surface area (TPSA) is 15.3 Å². The maximum Gasteiger partial charge on any atom is 0.0163 e. The van der Waals surface area contributed by atoms with Gasteiger partial charge in [-0.3, -0.25) is 0 Å². The van der Waals surface area contributed by atoms with Gasteiger partial charge in [0.1, 0.15) is 0 Å². The van der Waals surface area contributed by atoms with E-state index in [-0.39, 0.29) is 0 Å². The van der Waals surface area contributed by atoms with Crippen LogP contribution < -0.4 is 5.32 Å². The molecule has 1 N–H and O–H groups in total. The van der Waals surface area contributed by atoms with E-state index in [9.17, 15) is 0 Å². The highest BCUT2D eigenvalue weighted by Crippen LogP contribution is 2.36. The molecule has 0 aliphatic heterocycles. The molecule has 1 atom stereocenters. The molecule has 1 rings (SSSR count). The second-order valence-electron chi connectivity index (χ2n) is 6.02. The van der Waals surface area contributed by atoms with Crippen LogP contribution in [0.15, 0.2) is 0 Å². The molecular formula is C13H28N2. The third kappa shape index (κ3) is 4.12. The lowest BCUT2D eigenvalue weighted by Crippen LogP contribution is -2.43. The van der Waals surface area contributed by atoms with Crippen molar-refractivity contribution in [2.24, 2.45) is 5.41 Å².